The predicted octanol–water partition coefficient (Wildman–Crippen LogP) is 3.56. The normalized spacial score (nSPS) is 11.9. The molecule has 0 unspecified atom stereocenters. The van der Waals surface area contributed by atoms with Crippen LogP contribution in [0.25, 0.3) is 11.0 Å². The molecule has 0 aliphatic heterocycles. The van der Waals surface area contributed by atoms with Crippen LogP contribution in [0, 0.1) is 0 Å². The lowest BCUT2D eigenvalue weighted by atomic mass is 10.2. The van der Waals surface area contributed by atoms with E-state index in [1.54, 1.807) is 36.0 Å². The summed E-state index contributed by atoms with van der Waals surface area (Å²) in [5.41, 5.74) is 2.12. The van der Waals surface area contributed by atoms with Crippen molar-refractivity contribution in [3.8, 4) is 0 Å². The Balaban J connectivity index is 1.64. The molecule has 0 saturated heterocycles. The van der Waals surface area contributed by atoms with E-state index < -0.39 is 0 Å². The molecule has 146 valence electrons. The molecule has 0 spiro atoms. The van der Waals surface area contributed by atoms with Gasteiger partial charge in [0.15, 0.2) is 0 Å². The fourth-order valence-electron chi connectivity index (χ4n) is 2.80. The average Bonchev–Trinajstić information content (AvgIpc) is 3.13. The number of thioether (sulfide) groups is 1. The maximum atomic E-state index is 12.4. The van der Waals surface area contributed by atoms with E-state index in [1.807, 2.05) is 30.5 Å². The number of imidazole rings is 1. The fourth-order valence-corrected chi connectivity index (χ4v) is 3.49. The zero-order valence-electron chi connectivity index (χ0n) is 15.4. The van der Waals surface area contributed by atoms with Crippen molar-refractivity contribution in [2.75, 3.05) is 18.6 Å². The van der Waals surface area contributed by atoms with Crippen LogP contribution in [0.3, 0.4) is 0 Å². The molecule has 1 heterocycles. The molecule has 28 heavy (non-hydrogen) atoms. The number of amides is 2. The predicted molar refractivity (Wildman–Crippen MR) is 114 cm³/mol. The van der Waals surface area contributed by atoms with Crippen LogP contribution < -0.4 is 10.6 Å². The van der Waals surface area contributed by atoms with E-state index in [-0.39, 0.29) is 24.4 Å². The minimum absolute atomic E-state index is 0.139. The summed E-state index contributed by atoms with van der Waals surface area (Å²) < 4.78 is 0. The van der Waals surface area contributed by atoms with Gasteiger partial charge in [0.2, 0.25) is 5.91 Å². The van der Waals surface area contributed by atoms with Gasteiger partial charge in [0.05, 0.1) is 34.2 Å². The van der Waals surface area contributed by atoms with Gasteiger partial charge in [0.1, 0.15) is 5.82 Å². The Morgan fingerprint density at radius 2 is 1.93 bits per heavy atom. The second-order valence-corrected chi connectivity index (χ2v) is 7.60. The van der Waals surface area contributed by atoms with Crippen molar-refractivity contribution in [3.63, 3.8) is 0 Å². The topological polar surface area (TPSA) is 86.9 Å². The summed E-state index contributed by atoms with van der Waals surface area (Å²) in [4.78, 5) is 32.5. The van der Waals surface area contributed by atoms with Crippen molar-refractivity contribution in [1.29, 1.82) is 0 Å². The molecule has 0 saturated carbocycles. The van der Waals surface area contributed by atoms with Crippen LogP contribution in [0.1, 0.15) is 28.6 Å². The third kappa shape index (κ3) is 5.05. The van der Waals surface area contributed by atoms with Gasteiger partial charge in [0.25, 0.3) is 5.91 Å². The number of fused-ring (bicyclic) bond motifs is 1. The van der Waals surface area contributed by atoms with Gasteiger partial charge in [-0.2, -0.15) is 11.8 Å². The number of halogens is 1. The summed E-state index contributed by atoms with van der Waals surface area (Å²) in [5.74, 6) is 0.909. The summed E-state index contributed by atoms with van der Waals surface area (Å²) in [6, 6.07) is 14.2. The number of benzene rings is 2. The van der Waals surface area contributed by atoms with Gasteiger partial charge in [-0.15, -0.1) is 0 Å². The minimum Gasteiger partial charge on any atom is -0.345 e. The highest BCUT2D eigenvalue weighted by Gasteiger charge is 2.19. The quantitative estimate of drug-likeness (QED) is 0.524. The number of aromatic amines is 1. The highest BCUT2D eigenvalue weighted by Crippen LogP contribution is 2.20. The largest absolute Gasteiger partial charge is 0.345 e. The number of nitrogens with zero attached hydrogens (tertiary/aromatic N) is 1. The summed E-state index contributed by atoms with van der Waals surface area (Å²) in [7, 11) is 0. The first kappa shape index (κ1) is 20.2. The highest BCUT2D eigenvalue weighted by atomic mass is 35.5. The number of H-pyrrole nitrogens is 1. The van der Waals surface area contributed by atoms with Crippen LogP contribution in [0.4, 0.5) is 0 Å². The molecule has 1 atom stereocenters. The summed E-state index contributed by atoms with van der Waals surface area (Å²) in [6.07, 6.45) is 2.74. The van der Waals surface area contributed by atoms with E-state index in [9.17, 15) is 9.59 Å². The monoisotopic (exact) mass is 416 g/mol. The minimum atomic E-state index is -0.384. The van der Waals surface area contributed by atoms with E-state index in [2.05, 4.69) is 20.6 Å². The van der Waals surface area contributed by atoms with Crippen molar-refractivity contribution in [3.05, 3.63) is 64.9 Å². The number of rotatable bonds is 8. The maximum absolute atomic E-state index is 12.4. The van der Waals surface area contributed by atoms with E-state index in [0.717, 1.165) is 23.2 Å². The van der Waals surface area contributed by atoms with Crippen LogP contribution in [0.5, 0.6) is 0 Å². The van der Waals surface area contributed by atoms with E-state index >= 15 is 0 Å². The lowest BCUT2D eigenvalue weighted by Crippen LogP contribution is -2.39. The molecular weight excluding hydrogens is 396 g/mol. The molecule has 2 amide bonds. The van der Waals surface area contributed by atoms with Crippen LogP contribution in [-0.2, 0) is 4.79 Å². The Morgan fingerprint density at radius 1 is 1.18 bits per heavy atom. The van der Waals surface area contributed by atoms with Gasteiger partial charge < -0.3 is 15.6 Å². The smallest absolute Gasteiger partial charge is 0.253 e. The average molecular weight is 417 g/mol. The third-order valence-corrected chi connectivity index (χ3v) is 5.19. The molecular formula is C20H21ClN4O2S. The van der Waals surface area contributed by atoms with Gasteiger partial charge in [-0.3, -0.25) is 9.59 Å². The molecule has 2 aromatic carbocycles. The molecule has 3 aromatic rings. The van der Waals surface area contributed by atoms with Gasteiger partial charge in [-0.1, -0.05) is 35.9 Å². The van der Waals surface area contributed by atoms with Crippen LogP contribution in [0.2, 0.25) is 5.02 Å². The van der Waals surface area contributed by atoms with Crippen molar-refractivity contribution >= 4 is 46.2 Å². The molecule has 3 N–H and O–H groups in total. The molecule has 3 rings (SSSR count). The highest BCUT2D eigenvalue weighted by molar-refractivity contribution is 7.98. The number of hydrogen-bond acceptors (Lipinski definition) is 4. The first-order valence-electron chi connectivity index (χ1n) is 8.84. The molecule has 8 heteroatoms. The van der Waals surface area contributed by atoms with E-state index in [0.29, 0.717) is 16.4 Å². The van der Waals surface area contributed by atoms with Crippen molar-refractivity contribution in [1.82, 2.24) is 20.6 Å². The fraction of sp³-hybridized carbons (Fsp3) is 0.250. The van der Waals surface area contributed by atoms with Crippen LogP contribution in [-0.4, -0.2) is 40.3 Å². The first-order valence-corrected chi connectivity index (χ1v) is 10.6. The molecule has 0 radical (unpaired) electrons. The van der Waals surface area contributed by atoms with Crippen molar-refractivity contribution in [2.45, 2.75) is 12.5 Å². The van der Waals surface area contributed by atoms with Crippen LogP contribution in [0.15, 0.2) is 48.5 Å². The zero-order valence-corrected chi connectivity index (χ0v) is 16.9. The molecule has 0 fully saturated rings. The van der Waals surface area contributed by atoms with Crippen molar-refractivity contribution in [2.24, 2.45) is 0 Å². The maximum Gasteiger partial charge on any atom is 0.253 e. The molecule has 6 nitrogen and oxygen atoms in total. The van der Waals surface area contributed by atoms with Crippen molar-refractivity contribution < 1.29 is 9.59 Å². The number of para-hydroxylation sites is 2. The van der Waals surface area contributed by atoms with E-state index in [1.165, 1.54) is 0 Å². The van der Waals surface area contributed by atoms with Gasteiger partial charge >= 0.3 is 0 Å². The number of aromatic nitrogens is 2. The Kier molecular flexibility index (Phi) is 6.95. The third-order valence-electron chi connectivity index (χ3n) is 4.21. The number of nitrogens with one attached hydrogen (secondary N) is 3. The summed E-state index contributed by atoms with van der Waals surface area (Å²) in [5, 5.41) is 5.91. The Hall–Kier alpha value is -2.51. The molecule has 0 aliphatic rings. The zero-order chi connectivity index (χ0) is 19.9. The Labute approximate surface area is 172 Å². The SMILES string of the molecule is CSCC[C@H](NC(=O)CNC(=O)c1ccccc1Cl)c1nc2ccccc2[nH]1. The Bertz CT molecular complexity index is 943. The van der Waals surface area contributed by atoms with E-state index in [4.69, 9.17) is 11.6 Å². The molecule has 0 aliphatic carbocycles. The van der Waals surface area contributed by atoms with Gasteiger partial charge in [0, 0.05) is 0 Å². The van der Waals surface area contributed by atoms with Gasteiger partial charge in [-0.25, -0.2) is 4.98 Å². The number of hydrogen-bond donors (Lipinski definition) is 3. The second-order valence-electron chi connectivity index (χ2n) is 6.20. The molecule has 1 aromatic heterocycles. The van der Waals surface area contributed by atoms with Gasteiger partial charge in [-0.05, 0) is 42.7 Å². The lowest BCUT2D eigenvalue weighted by molar-refractivity contribution is -0.120. The van der Waals surface area contributed by atoms with Crippen LogP contribution >= 0.6 is 23.4 Å². The Morgan fingerprint density at radius 3 is 2.68 bits per heavy atom. The molecule has 0 bridgehead atoms. The summed E-state index contributed by atoms with van der Waals surface area (Å²) in [6.45, 7) is -0.139. The first-order chi connectivity index (χ1) is 13.6. The number of carbonyl (C=O) groups is 2. The summed E-state index contributed by atoms with van der Waals surface area (Å²) >= 11 is 7.72. The lowest BCUT2D eigenvalue weighted by Gasteiger charge is -2.16. The second kappa shape index (κ2) is 9.61. The standard InChI is InChI=1S/C20H21ClN4O2S/c1-28-11-10-17(19-24-15-8-4-5-9-16(15)25-19)23-18(26)12-22-20(27)13-6-2-3-7-14(13)21/h2-9,17H,10-12H2,1H3,(H,22,27)(H,23,26)(H,24,25)/t17-/m0/s1. The number of carbonyl (C=O) groups excluding carboxylic acids is 2.